The van der Waals surface area contributed by atoms with Gasteiger partial charge in [0, 0.05) is 35.3 Å². The van der Waals surface area contributed by atoms with Gasteiger partial charge in [-0.15, -0.1) is 0 Å². The Morgan fingerprint density at radius 1 is 1.53 bits per heavy atom. The van der Waals surface area contributed by atoms with E-state index in [4.69, 9.17) is 4.74 Å². The largest absolute Gasteiger partial charge is 0.373 e. The van der Waals surface area contributed by atoms with Crippen LogP contribution in [-0.2, 0) is 9.53 Å². The molecule has 1 aromatic heterocycles. The van der Waals surface area contributed by atoms with Crippen LogP contribution in [-0.4, -0.2) is 17.4 Å². The van der Waals surface area contributed by atoms with Gasteiger partial charge in [0.15, 0.2) is 0 Å². The smallest absolute Gasteiger partial charge is 0.138 e. The second-order valence-electron chi connectivity index (χ2n) is 3.69. The molecule has 0 spiro atoms. The van der Waals surface area contributed by atoms with Gasteiger partial charge in [-0.2, -0.15) is 0 Å². The number of carbonyl (C=O) groups is 1. The number of carbonyl (C=O) groups excluding carboxylic acids is 1. The van der Waals surface area contributed by atoms with Crippen molar-refractivity contribution < 1.29 is 9.53 Å². The second-order valence-corrected chi connectivity index (χ2v) is 4.54. The fourth-order valence-corrected chi connectivity index (χ4v) is 2.07. The number of rotatable bonds is 1. The van der Waals surface area contributed by atoms with Crippen LogP contribution in [0.5, 0.6) is 0 Å². The molecule has 1 aliphatic heterocycles. The summed E-state index contributed by atoms with van der Waals surface area (Å²) in [4.78, 5) is 15.4. The molecule has 1 aromatic rings. The van der Waals surface area contributed by atoms with Crippen LogP contribution in [0, 0.1) is 6.92 Å². The molecule has 1 saturated heterocycles. The number of ketones is 1. The summed E-state index contributed by atoms with van der Waals surface area (Å²) in [7, 11) is 0. The molecule has 1 aliphatic rings. The van der Waals surface area contributed by atoms with Crippen molar-refractivity contribution in [2.24, 2.45) is 0 Å². The average molecular weight is 270 g/mol. The van der Waals surface area contributed by atoms with Gasteiger partial charge in [-0.05, 0) is 28.4 Å². The van der Waals surface area contributed by atoms with Crippen molar-refractivity contribution in [1.82, 2.24) is 4.98 Å². The molecule has 1 unspecified atom stereocenters. The number of pyridine rings is 1. The van der Waals surface area contributed by atoms with E-state index in [1.807, 2.05) is 6.92 Å². The lowest BCUT2D eigenvalue weighted by Gasteiger charge is -2.23. The standard InChI is InChI=1S/C11H12BrNO2/c1-7-9(5-13-6-10(7)12)11-4-8(14)2-3-15-11/h5-6,11H,2-4H2,1H3. The number of Topliss-reactive ketones (excluding diaryl/α,β-unsaturated/α-hetero) is 1. The van der Waals surface area contributed by atoms with Gasteiger partial charge in [-0.25, -0.2) is 0 Å². The van der Waals surface area contributed by atoms with Gasteiger partial charge in [-0.3, -0.25) is 9.78 Å². The third-order valence-electron chi connectivity index (χ3n) is 2.65. The topological polar surface area (TPSA) is 39.2 Å². The highest BCUT2D eigenvalue weighted by Crippen LogP contribution is 2.30. The van der Waals surface area contributed by atoms with Crippen LogP contribution in [0.2, 0.25) is 0 Å². The van der Waals surface area contributed by atoms with Gasteiger partial charge >= 0.3 is 0 Å². The molecular weight excluding hydrogens is 258 g/mol. The minimum absolute atomic E-state index is 0.115. The van der Waals surface area contributed by atoms with Crippen LogP contribution in [0.15, 0.2) is 16.9 Å². The zero-order chi connectivity index (χ0) is 10.8. The predicted octanol–water partition coefficient (Wildman–Crippen LogP) is 2.57. The third-order valence-corrected chi connectivity index (χ3v) is 3.45. The molecule has 1 atom stereocenters. The second kappa shape index (κ2) is 4.41. The summed E-state index contributed by atoms with van der Waals surface area (Å²) < 4.78 is 6.55. The normalized spacial score (nSPS) is 21.7. The van der Waals surface area contributed by atoms with Crippen molar-refractivity contribution in [3.63, 3.8) is 0 Å². The van der Waals surface area contributed by atoms with Crippen molar-refractivity contribution >= 4 is 21.7 Å². The highest BCUT2D eigenvalue weighted by atomic mass is 79.9. The van der Waals surface area contributed by atoms with Crippen LogP contribution in [0.3, 0.4) is 0 Å². The van der Waals surface area contributed by atoms with E-state index in [0.29, 0.717) is 19.4 Å². The summed E-state index contributed by atoms with van der Waals surface area (Å²) in [6.45, 7) is 2.53. The molecule has 0 saturated carbocycles. The average Bonchev–Trinajstić information content (AvgIpc) is 2.22. The Bertz CT molecular complexity index is 392. The molecule has 80 valence electrons. The fraction of sp³-hybridized carbons (Fsp3) is 0.455. The predicted molar refractivity (Wildman–Crippen MR) is 59.6 cm³/mol. The third kappa shape index (κ3) is 2.26. The Hall–Kier alpha value is -0.740. The molecule has 0 aliphatic carbocycles. The number of halogens is 1. The van der Waals surface area contributed by atoms with Crippen molar-refractivity contribution in [1.29, 1.82) is 0 Å². The maximum Gasteiger partial charge on any atom is 0.138 e. The molecule has 0 radical (unpaired) electrons. The Morgan fingerprint density at radius 3 is 3.07 bits per heavy atom. The fourth-order valence-electron chi connectivity index (χ4n) is 1.72. The number of hydrogen-bond donors (Lipinski definition) is 0. The maximum atomic E-state index is 11.3. The molecule has 0 aromatic carbocycles. The van der Waals surface area contributed by atoms with Crippen molar-refractivity contribution in [3.8, 4) is 0 Å². The molecule has 3 nitrogen and oxygen atoms in total. The Morgan fingerprint density at radius 2 is 2.33 bits per heavy atom. The van der Waals surface area contributed by atoms with E-state index in [2.05, 4.69) is 20.9 Å². The molecular formula is C11H12BrNO2. The maximum absolute atomic E-state index is 11.3. The Balaban J connectivity index is 2.28. The van der Waals surface area contributed by atoms with E-state index in [1.165, 1.54) is 0 Å². The van der Waals surface area contributed by atoms with Crippen molar-refractivity contribution in [2.75, 3.05) is 6.61 Å². The lowest BCUT2D eigenvalue weighted by Crippen LogP contribution is -2.20. The molecule has 0 bridgehead atoms. The van der Waals surface area contributed by atoms with Crippen LogP contribution < -0.4 is 0 Å². The summed E-state index contributed by atoms with van der Waals surface area (Å²) in [6, 6.07) is 0. The molecule has 2 heterocycles. The van der Waals surface area contributed by atoms with E-state index >= 15 is 0 Å². The lowest BCUT2D eigenvalue weighted by atomic mass is 9.99. The Kier molecular flexibility index (Phi) is 3.17. The molecule has 15 heavy (non-hydrogen) atoms. The molecule has 0 N–H and O–H groups in total. The summed E-state index contributed by atoms with van der Waals surface area (Å²) in [5.74, 6) is 0.269. The number of ether oxygens (including phenoxy) is 1. The minimum Gasteiger partial charge on any atom is -0.373 e. The highest BCUT2D eigenvalue weighted by molar-refractivity contribution is 9.10. The molecule has 1 fully saturated rings. The SMILES string of the molecule is Cc1c(Br)cncc1C1CC(=O)CCO1. The zero-order valence-electron chi connectivity index (χ0n) is 8.50. The van der Waals surface area contributed by atoms with E-state index in [9.17, 15) is 4.79 Å². The monoisotopic (exact) mass is 269 g/mol. The first kappa shape index (κ1) is 10.8. The summed E-state index contributed by atoms with van der Waals surface area (Å²) in [6.07, 6.45) is 4.43. The summed E-state index contributed by atoms with van der Waals surface area (Å²) >= 11 is 3.42. The van der Waals surface area contributed by atoms with Crippen LogP contribution in [0.4, 0.5) is 0 Å². The van der Waals surface area contributed by atoms with Crippen LogP contribution in [0.25, 0.3) is 0 Å². The van der Waals surface area contributed by atoms with Gasteiger partial charge in [0.1, 0.15) is 5.78 Å². The van der Waals surface area contributed by atoms with E-state index < -0.39 is 0 Å². The zero-order valence-corrected chi connectivity index (χ0v) is 10.1. The van der Waals surface area contributed by atoms with Gasteiger partial charge in [0.25, 0.3) is 0 Å². The van der Waals surface area contributed by atoms with Gasteiger partial charge in [0.05, 0.1) is 12.7 Å². The van der Waals surface area contributed by atoms with Crippen molar-refractivity contribution in [3.05, 3.63) is 28.0 Å². The number of nitrogens with zero attached hydrogens (tertiary/aromatic N) is 1. The summed E-state index contributed by atoms with van der Waals surface area (Å²) in [5, 5.41) is 0. The first-order chi connectivity index (χ1) is 7.18. The minimum atomic E-state index is -0.115. The lowest BCUT2D eigenvalue weighted by molar-refractivity contribution is -0.128. The highest BCUT2D eigenvalue weighted by Gasteiger charge is 2.23. The van der Waals surface area contributed by atoms with Crippen LogP contribution in [0.1, 0.15) is 30.1 Å². The quantitative estimate of drug-likeness (QED) is 0.787. The van der Waals surface area contributed by atoms with Crippen LogP contribution >= 0.6 is 15.9 Å². The van der Waals surface area contributed by atoms with E-state index in [-0.39, 0.29) is 11.9 Å². The number of hydrogen-bond acceptors (Lipinski definition) is 3. The van der Waals surface area contributed by atoms with Gasteiger partial charge in [0.2, 0.25) is 0 Å². The molecule has 4 heteroatoms. The summed E-state index contributed by atoms with van der Waals surface area (Å²) in [5.41, 5.74) is 2.11. The Labute approximate surface area is 97.0 Å². The van der Waals surface area contributed by atoms with Crippen molar-refractivity contribution in [2.45, 2.75) is 25.9 Å². The van der Waals surface area contributed by atoms with Gasteiger partial charge < -0.3 is 4.74 Å². The molecule has 0 amide bonds. The van der Waals surface area contributed by atoms with Gasteiger partial charge in [-0.1, -0.05) is 0 Å². The molecule has 2 rings (SSSR count). The first-order valence-corrected chi connectivity index (χ1v) is 5.71. The number of aromatic nitrogens is 1. The first-order valence-electron chi connectivity index (χ1n) is 4.92. The van der Waals surface area contributed by atoms with E-state index in [1.54, 1.807) is 12.4 Å². The van der Waals surface area contributed by atoms with E-state index in [0.717, 1.165) is 15.6 Å².